The lowest BCUT2D eigenvalue weighted by Crippen LogP contribution is -2.54. The van der Waals surface area contributed by atoms with Crippen LogP contribution in [0.25, 0.3) is 0 Å². The smallest absolute Gasteiger partial charge is 0.306 e. The highest BCUT2D eigenvalue weighted by Crippen LogP contribution is 2.20. The van der Waals surface area contributed by atoms with E-state index >= 15 is 0 Å². The third-order valence-corrected chi connectivity index (χ3v) is 5.02. The van der Waals surface area contributed by atoms with Gasteiger partial charge >= 0.3 is 5.97 Å². The SMILES string of the molecule is CCCCCc1ccc(CCCCCCC(=O)C(O)(CC(=O)O)C[N+](C)(C)C)o1. The average molecular weight is 411 g/mol. The van der Waals surface area contributed by atoms with Crippen molar-refractivity contribution in [3.8, 4) is 0 Å². The fourth-order valence-corrected chi connectivity index (χ4v) is 3.69. The molecule has 1 aromatic rings. The molecule has 0 aliphatic carbocycles. The van der Waals surface area contributed by atoms with Gasteiger partial charge in [0.1, 0.15) is 18.1 Å². The number of nitrogens with zero attached hydrogens (tertiary/aromatic N) is 1. The maximum Gasteiger partial charge on any atom is 0.306 e. The number of quaternary nitrogens is 1. The number of hydrogen-bond acceptors (Lipinski definition) is 4. The molecular formula is C23H40NO5+. The summed E-state index contributed by atoms with van der Waals surface area (Å²) >= 11 is 0. The topological polar surface area (TPSA) is 87.7 Å². The zero-order valence-electron chi connectivity index (χ0n) is 18.7. The highest BCUT2D eigenvalue weighted by molar-refractivity contribution is 5.90. The van der Waals surface area contributed by atoms with Crippen LogP contribution in [0.15, 0.2) is 16.5 Å². The molecule has 0 fully saturated rings. The second-order valence-electron chi connectivity index (χ2n) is 9.21. The average Bonchev–Trinajstić information content (AvgIpc) is 3.03. The van der Waals surface area contributed by atoms with E-state index in [1.54, 1.807) is 0 Å². The lowest BCUT2D eigenvalue weighted by molar-refractivity contribution is -0.875. The van der Waals surface area contributed by atoms with Crippen LogP contribution in [-0.2, 0) is 22.4 Å². The molecule has 0 aromatic carbocycles. The number of unbranched alkanes of at least 4 members (excludes halogenated alkanes) is 5. The molecule has 166 valence electrons. The van der Waals surface area contributed by atoms with Crippen molar-refractivity contribution >= 4 is 11.8 Å². The number of aryl methyl sites for hydroxylation is 2. The Kier molecular flexibility index (Phi) is 10.6. The van der Waals surface area contributed by atoms with Crippen molar-refractivity contribution in [1.29, 1.82) is 0 Å². The van der Waals surface area contributed by atoms with Crippen LogP contribution in [0.2, 0.25) is 0 Å². The molecule has 0 bridgehead atoms. The number of aliphatic carboxylic acids is 1. The molecule has 0 saturated carbocycles. The van der Waals surface area contributed by atoms with Gasteiger partial charge in [0.15, 0.2) is 11.4 Å². The molecular weight excluding hydrogens is 370 g/mol. The second kappa shape index (κ2) is 12.1. The van der Waals surface area contributed by atoms with Gasteiger partial charge in [0.25, 0.3) is 0 Å². The summed E-state index contributed by atoms with van der Waals surface area (Å²) in [7, 11) is 5.51. The first kappa shape index (κ1) is 25.4. The van der Waals surface area contributed by atoms with Crippen molar-refractivity contribution < 1.29 is 28.7 Å². The fraction of sp³-hybridized carbons (Fsp3) is 0.739. The number of hydrogen-bond donors (Lipinski definition) is 2. The molecule has 1 rings (SSSR count). The summed E-state index contributed by atoms with van der Waals surface area (Å²) in [6, 6.07) is 4.13. The number of carboxylic acids is 1. The molecule has 29 heavy (non-hydrogen) atoms. The highest BCUT2D eigenvalue weighted by atomic mass is 16.4. The van der Waals surface area contributed by atoms with E-state index in [1.165, 1.54) is 19.3 Å². The lowest BCUT2D eigenvalue weighted by Gasteiger charge is -2.33. The number of Topliss-reactive ketones (excluding diaryl/α,β-unsaturated/α-hetero) is 1. The molecule has 6 heteroatoms. The zero-order valence-corrected chi connectivity index (χ0v) is 18.7. The summed E-state index contributed by atoms with van der Waals surface area (Å²) in [4.78, 5) is 23.6. The summed E-state index contributed by atoms with van der Waals surface area (Å²) in [6.07, 6.45) is 8.69. The van der Waals surface area contributed by atoms with E-state index in [1.807, 2.05) is 21.1 Å². The van der Waals surface area contributed by atoms with Gasteiger partial charge < -0.3 is 19.1 Å². The Morgan fingerprint density at radius 2 is 1.52 bits per heavy atom. The number of likely N-dealkylation sites (N-methyl/N-ethyl adjacent to an activating group) is 1. The Morgan fingerprint density at radius 1 is 0.966 bits per heavy atom. The largest absolute Gasteiger partial charge is 0.481 e. The van der Waals surface area contributed by atoms with Gasteiger partial charge in [0.05, 0.1) is 27.6 Å². The number of furan rings is 1. The van der Waals surface area contributed by atoms with E-state index in [0.29, 0.717) is 10.9 Å². The van der Waals surface area contributed by atoms with Crippen molar-refractivity contribution in [1.82, 2.24) is 0 Å². The lowest BCUT2D eigenvalue weighted by atomic mass is 9.89. The number of carboxylic acid groups (broad SMARTS) is 1. The zero-order chi connectivity index (χ0) is 21.9. The molecule has 0 aliphatic rings. The van der Waals surface area contributed by atoms with Crippen LogP contribution in [0.3, 0.4) is 0 Å². The summed E-state index contributed by atoms with van der Waals surface area (Å²) in [6.45, 7) is 2.29. The number of carbonyl (C=O) groups excluding carboxylic acids is 1. The third kappa shape index (κ3) is 10.6. The summed E-state index contributed by atoms with van der Waals surface area (Å²) < 4.78 is 6.19. The Hall–Kier alpha value is -1.66. The molecule has 1 unspecified atom stereocenters. The Bertz CT molecular complexity index is 631. The quantitative estimate of drug-likeness (QED) is 0.318. The van der Waals surface area contributed by atoms with Gasteiger partial charge in [0.2, 0.25) is 0 Å². The number of carbonyl (C=O) groups is 2. The molecule has 0 saturated heterocycles. The minimum Gasteiger partial charge on any atom is -0.481 e. The number of rotatable bonds is 16. The number of ketones is 1. The summed E-state index contributed by atoms with van der Waals surface area (Å²) in [5, 5.41) is 19.7. The molecule has 1 atom stereocenters. The third-order valence-electron chi connectivity index (χ3n) is 5.02. The predicted octanol–water partition coefficient (Wildman–Crippen LogP) is 3.99. The van der Waals surface area contributed by atoms with E-state index in [2.05, 4.69) is 19.1 Å². The predicted molar refractivity (Wildman–Crippen MR) is 114 cm³/mol. The number of aliphatic hydroxyl groups is 1. The normalized spacial score (nSPS) is 14.0. The van der Waals surface area contributed by atoms with Gasteiger partial charge in [-0.15, -0.1) is 0 Å². The molecule has 0 spiro atoms. The first-order chi connectivity index (χ1) is 13.6. The second-order valence-corrected chi connectivity index (χ2v) is 9.21. The molecule has 0 aliphatic heterocycles. The van der Waals surface area contributed by atoms with Crippen LogP contribution in [0.5, 0.6) is 0 Å². The Labute approximate surface area is 175 Å². The maximum atomic E-state index is 12.5. The Morgan fingerprint density at radius 3 is 2.03 bits per heavy atom. The van der Waals surface area contributed by atoms with Crippen molar-refractivity contribution in [2.75, 3.05) is 27.7 Å². The minimum atomic E-state index is -1.80. The maximum absolute atomic E-state index is 12.5. The standard InChI is InChI=1S/C23H39NO5/c1-5-6-9-12-19-15-16-20(29-19)13-10-7-8-11-14-21(25)23(28,17-22(26)27)18-24(2,3)4/h15-16,28H,5-14,17-18H2,1-4H3/p+1. The monoisotopic (exact) mass is 410 g/mol. The molecule has 1 heterocycles. The molecule has 6 nitrogen and oxygen atoms in total. The summed E-state index contributed by atoms with van der Waals surface area (Å²) in [5.41, 5.74) is -1.80. The minimum absolute atomic E-state index is 0.0945. The van der Waals surface area contributed by atoms with Gasteiger partial charge in [-0.1, -0.05) is 32.6 Å². The van der Waals surface area contributed by atoms with E-state index in [0.717, 1.165) is 43.6 Å². The molecule has 0 radical (unpaired) electrons. The van der Waals surface area contributed by atoms with Crippen LogP contribution in [0.1, 0.15) is 76.2 Å². The first-order valence-corrected chi connectivity index (χ1v) is 10.9. The van der Waals surface area contributed by atoms with Gasteiger partial charge in [0, 0.05) is 19.3 Å². The van der Waals surface area contributed by atoms with Gasteiger partial charge in [-0.2, -0.15) is 0 Å². The van der Waals surface area contributed by atoms with Crippen LogP contribution >= 0.6 is 0 Å². The van der Waals surface area contributed by atoms with Gasteiger partial charge in [-0.25, -0.2) is 0 Å². The van der Waals surface area contributed by atoms with Crippen LogP contribution in [0, 0.1) is 0 Å². The van der Waals surface area contributed by atoms with Crippen molar-refractivity contribution in [2.24, 2.45) is 0 Å². The van der Waals surface area contributed by atoms with Gasteiger partial charge in [-0.05, 0) is 31.4 Å². The first-order valence-electron chi connectivity index (χ1n) is 10.9. The highest BCUT2D eigenvalue weighted by Gasteiger charge is 2.42. The van der Waals surface area contributed by atoms with Crippen LogP contribution in [-0.4, -0.2) is 59.7 Å². The van der Waals surface area contributed by atoms with Gasteiger partial charge in [-0.3, -0.25) is 9.59 Å². The molecule has 0 amide bonds. The van der Waals surface area contributed by atoms with Crippen LogP contribution in [0.4, 0.5) is 0 Å². The van der Waals surface area contributed by atoms with Crippen molar-refractivity contribution in [3.63, 3.8) is 0 Å². The van der Waals surface area contributed by atoms with Crippen molar-refractivity contribution in [2.45, 2.75) is 83.2 Å². The van der Waals surface area contributed by atoms with E-state index in [4.69, 9.17) is 9.52 Å². The van der Waals surface area contributed by atoms with E-state index in [-0.39, 0.29) is 18.7 Å². The van der Waals surface area contributed by atoms with Crippen molar-refractivity contribution in [3.05, 3.63) is 23.7 Å². The molecule has 2 N–H and O–H groups in total. The summed E-state index contributed by atoms with van der Waals surface area (Å²) in [5.74, 6) is 0.567. The fourth-order valence-electron chi connectivity index (χ4n) is 3.69. The van der Waals surface area contributed by atoms with Crippen LogP contribution < -0.4 is 0 Å². The Balaban J connectivity index is 2.32. The van der Waals surface area contributed by atoms with E-state index in [9.17, 15) is 14.7 Å². The van der Waals surface area contributed by atoms with E-state index < -0.39 is 18.0 Å². The molecule has 1 aromatic heterocycles.